The quantitative estimate of drug-likeness (QED) is 0.697. The first-order chi connectivity index (χ1) is 5.75. The molecule has 1 aromatic rings. The predicted molar refractivity (Wildman–Crippen MR) is 57.8 cm³/mol. The Kier molecular flexibility index (Phi) is 3.47. The standard InChI is InChI=1S/C9H11NOS.ClH/c10-7-3-6-4-8(11)1-2-9(6)12-5-7;/h1-2,4,7,11H,3,5,10H2;1H. The molecular formula is C9H12ClNOS. The zero-order chi connectivity index (χ0) is 8.55. The number of benzene rings is 1. The lowest BCUT2D eigenvalue weighted by atomic mass is 10.1. The number of aromatic hydroxyl groups is 1. The predicted octanol–water partition coefficient (Wildman–Crippen LogP) is 1.79. The number of thioether (sulfide) groups is 1. The van der Waals surface area contributed by atoms with Crippen LogP contribution < -0.4 is 5.73 Å². The van der Waals surface area contributed by atoms with Gasteiger partial charge < -0.3 is 10.8 Å². The van der Waals surface area contributed by atoms with Crippen molar-refractivity contribution in [3.63, 3.8) is 0 Å². The van der Waals surface area contributed by atoms with E-state index >= 15 is 0 Å². The first-order valence-corrected chi connectivity index (χ1v) is 4.94. The molecule has 0 saturated carbocycles. The van der Waals surface area contributed by atoms with Gasteiger partial charge in [-0.05, 0) is 30.2 Å². The maximum atomic E-state index is 9.22. The van der Waals surface area contributed by atoms with Crippen LogP contribution in [-0.2, 0) is 6.42 Å². The van der Waals surface area contributed by atoms with Crippen LogP contribution in [0.5, 0.6) is 5.75 Å². The van der Waals surface area contributed by atoms with Crippen molar-refractivity contribution in [1.29, 1.82) is 0 Å². The molecule has 1 aliphatic heterocycles. The van der Waals surface area contributed by atoms with Gasteiger partial charge in [-0.25, -0.2) is 0 Å². The molecule has 4 heteroatoms. The van der Waals surface area contributed by atoms with Crippen LogP contribution in [0.3, 0.4) is 0 Å². The second kappa shape index (κ2) is 4.22. The van der Waals surface area contributed by atoms with E-state index in [1.54, 1.807) is 23.9 Å². The van der Waals surface area contributed by atoms with Crippen molar-refractivity contribution in [2.75, 3.05) is 5.75 Å². The van der Waals surface area contributed by atoms with Gasteiger partial charge in [-0.15, -0.1) is 24.2 Å². The van der Waals surface area contributed by atoms with Crippen LogP contribution in [-0.4, -0.2) is 16.9 Å². The summed E-state index contributed by atoms with van der Waals surface area (Å²) in [5.74, 6) is 1.32. The summed E-state index contributed by atoms with van der Waals surface area (Å²) in [5.41, 5.74) is 6.98. The molecule has 0 aliphatic carbocycles. The van der Waals surface area contributed by atoms with Gasteiger partial charge >= 0.3 is 0 Å². The molecule has 13 heavy (non-hydrogen) atoms. The molecule has 0 saturated heterocycles. The summed E-state index contributed by atoms with van der Waals surface area (Å²) in [7, 11) is 0. The number of hydrogen-bond acceptors (Lipinski definition) is 3. The molecule has 1 heterocycles. The average molecular weight is 218 g/mol. The molecule has 1 aromatic carbocycles. The third-order valence-electron chi connectivity index (χ3n) is 1.98. The zero-order valence-corrected chi connectivity index (χ0v) is 8.70. The summed E-state index contributed by atoms with van der Waals surface area (Å²) < 4.78 is 0. The molecule has 1 aliphatic rings. The third kappa shape index (κ3) is 2.30. The highest BCUT2D eigenvalue weighted by Crippen LogP contribution is 2.31. The van der Waals surface area contributed by atoms with Gasteiger partial charge in [0.1, 0.15) is 5.75 Å². The Hall–Kier alpha value is -0.380. The van der Waals surface area contributed by atoms with E-state index in [0.717, 1.165) is 12.2 Å². The lowest BCUT2D eigenvalue weighted by Crippen LogP contribution is -2.28. The van der Waals surface area contributed by atoms with Gasteiger partial charge in [0, 0.05) is 16.7 Å². The molecule has 2 nitrogen and oxygen atoms in total. The monoisotopic (exact) mass is 217 g/mol. The average Bonchev–Trinajstić information content (AvgIpc) is 2.03. The number of rotatable bonds is 0. The van der Waals surface area contributed by atoms with Gasteiger partial charge in [0.25, 0.3) is 0 Å². The minimum Gasteiger partial charge on any atom is -0.508 e. The SMILES string of the molecule is Cl.NC1CSc2ccc(O)cc2C1. The van der Waals surface area contributed by atoms with E-state index in [9.17, 15) is 5.11 Å². The molecule has 0 fully saturated rings. The Bertz CT molecular complexity index is 306. The Labute approximate surface area is 87.9 Å². The largest absolute Gasteiger partial charge is 0.508 e. The topological polar surface area (TPSA) is 46.2 Å². The van der Waals surface area contributed by atoms with Crippen LogP contribution in [0, 0.1) is 0 Å². The third-order valence-corrected chi connectivity index (χ3v) is 3.28. The van der Waals surface area contributed by atoms with Crippen molar-refractivity contribution < 1.29 is 5.11 Å². The van der Waals surface area contributed by atoms with E-state index in [4.69, 9.17) is 5.73 Å². The molecule has 2 rings (SSSR count). The van der Waals surface area contributed by atoms with E-state index in [1.165, 1.54) is 10.5 Å². The van der Waals surface area contributed by atoms with Crippen LogP contribution in [0.25, 0.3) is 0 Å². The van der Waals surface area contributed by atoms with Crippen molar-refractivity contribution in [3.8, 4) is 5.75 Å². The van der Waals surface area contributed by atoms with E-state index in [2.05, 4.69) is 0 Å². The Morgan fingerprint density at radius 2 is 2.23 bits per heavy atom. The second-order valence-corrected chi connectivity index (χ2v) is 4.13. The molecule has 72 valence electrons. The molecule has 0 radical (unpaired) electrons. The van der Waals surface area contributed by atoms with Crippen LogP contribution in [0.1, 0.15) is 5.56 Å². The first-order valence-electron chi connectivity index (χ1n) is 3.96. The molecule has 3 N–H and O–H groups in total. The number of halogens is 1. The highest BCUT2D eigenvalue weighted by Gasteiger charge is 2.15. The van der Waals surface area contributed by atoms with Crippen molar-refractivity contribution >= 4 is 24.2 Å². The normalized spacial score (nSPS) is 20.2. The molecular weight excluding hydrogens is 206 g/mol. The Morgan fingerprint density at radius 3 is 3.00 bits per heavy atom. The fourth-order valence-electron chi connectivity index (χ4n) is 1.40. The first kappa shape index (κ1) is 10.7. The van der Waals surface area contributed by atoms with Gasteiger partial charge in [0.2, 0.25) is 0 Å². The van der Waals surface area contributed by atoms with Gasteiger partial charge in [0.15, 0.2) is 0 Å². The highest BCUT2D eigenvalue weighted by molar-refractivity contribution is 7.99. The van der Waals surface area contributed by atoms with Crippen LogP contribution in [0.4, 0.5) is 0 Å². The summed E-state index contributed by atoms with van der Waals surface area (Å²) in [4.78, 5) is 1.26. The molecule has 0 bridgehead atoms. The van der Waals surface area contributed by atoms with Crippen LogP contribution >= 0.6 is 24.2 Å². The second-order valence-electron chi connectivity index (χ2n) is 3.07. The van der Waals surface area contributed by atoms with E-state index < -0.39 is 0 Å². The number of phenolic OH excluding ortho intramolecular Hbond substituents is 1. The van der Waals surface area contributed by atoms with Crippen molar-refractivity contribution in [2.24, 2.45) is 5.73 Å². The molecule has 1 atom stereocenters. The molecule has 0 amide bonds. The molecule has 1 unspecified atom stereocenters. The smallest absolute Gasteiger partial charge is 0.115 e. The summed E-state index contributed by atoms with van der Waals surface area (Å²) in [5, 5.41) is 9.22. The number of phenols is 1. The summed E-state index contributed by atoms with van der Waals surface area (Å²) in [6.07, 6.45) is 0.886. The zero-order valence-electron chi connectivity index (χ0n) is 7.06. The van der Waals surface area contributed by atoms with Crippen LogP contribution in [0.2, 0.25) is 0 Å². The lowest BCUT2D eigenvalue weighted by molar-refractivity contribution is 0.473. The highest BCUT2D eigenvalue weighted by atomic mass is 35.5. The van der Waals surface area contributed by atoms with Gasteiger partial charge in [-0.3, -0.25) is 0 Å². The van der Waals surface area contributed by atoms with Gasteiger partial charge in [-0.1, -0.05) is 0 Å². The summed E-state index contributed by atoms with van der Waals surface area (Å²) in [6.45, 7) is 0. The fourth-order valence-corrected chi connectivity index (χ4v) is 2.41. The van der Waals surface area contributed by atoms with E-state index in [1.807, 2.05) is 6.07 Å². The minimum atomic E-state index is 0. The Morgan fingerprint density at radius 1 is 1.46 bits per heavy atom. The number of nitrogens with two attached hydrogens (primary N) is 1. The van der Waals surface area contributed by atoms with Crippen molar-refractivity contribution in [3.05, 3.63) is 23.8 Å². The lowest BCUT2D eigenvalue weighted by Gasteiger charge is -2.20. The maximum Gasteiger partial charge on any atom is 0.115 e. The minimum absolute atomic E-state index is 0. The van der Waals surface area contributed by atoms with E-state index in [0.29, 0.717) is 5.75 Å². The maximum absolute atomic E-state index is 9.22. The van der Waals surface area contributed by atoms with Gasteiger partial charge in [-0.2, -0.15) is 0 Å². The number of hydrogen-bond donors (Lipinski definition) is 2. The van der Waals surface area contributed by atoms with Gasteiger partial charge in [0.05, 0.1) is 0 Å². The van der Waals surface area contributed by atoms with E-state index in [-0.39, 0.29) is 18.4 Å². The fraction of sp³-hybridized carbons (Fsp3) is 0.333. The molecule has 0 spiro atoms. The molecule has 0 aromatic heterocycles. The van der Waals surface area contributed by atoms with Crippen molar-refractivity contribution in [2.45, 2.75) is 17.4 Å². The van der Waals surface area contributed by atoms with Crippen LogP contribution in [0.15, 0.2) is 23.1 Å². The summed E-state index contributed by atoms with van der Waals surface area (Å²) in [6, 6.07) is 5.73. The summed E-state index contributed by atoms with van der Waals surface area (Å²) >= 11 is 1.77. The van der Waals surface area contributed by atoms with Crippen molar-refractivity contribution in [1.82, 2.24) is 0 Å². The number of fused-ring (bicyclic) bond motifs is 1. The Balaban J connectivity index is 0.000000845.